The number of carbonyl (C=O) groups excluding carboxylic acids is 1. The minimum Gasteiger partial charge on any atom is -0.396 e. The largest absolute Gasteiger partial charge is 0.396 e. The molecule has 0 aliphatic heterocycles. The molecule has 1 aliphatic carbocycles. The van der Waals surface area contributed by atoms with Crippen LogP contribution in [0.4, 0.5) is 4.79 Å². The first-order chi connectivity index (χ1) is 8.83. The lowest BCUT2D eigenvalue weighted by atomic mass is 9.87. The predicted octanol–water partition coefficient (Wildman–Crippen LogP) is 2.42. The van der Waals surface area contributed by atoms with Gasteiger partial charge < -0.3 is 15.7 Å². The van der Waals surface area contributed by atoms with Gasteiger partial charge in [0.05, 0.1) is 0 Å². The van der Waals surface area contributed by atoms with Crippen LogP contribution >= 0.6 is 0 Å². The first kappa shape index (κ1) is 15.3. The monoisotopic (exact) mass is 256 g/mol. The normalized spacial score (nSPS) is 16.5. The number of carbonyl (C=O) groups is 1. The number of rotatable bonds is 8. The highest BCUT2D eigenvalue weighted by Crippen LogP contribution is 2.25. The average Bonchev–Trinajstić information content (AvgIpc) is 2.40. The number of amides is 2. The summed E-state index contributed by atoms with van der Waals surface area (Å²) in [4.78, 5) is 11.4. The summed E-state index contributed by atoms with van der Waals surface area (Å²) in [6.07, 6.45) is 10.6. The summed E-state index contributed by atoms with van der Waals surface area (Å²) in [5.41, 5.74) is 0. The lowest BCUT2D eigenvalue weighted by Gasteiger charge is -2.21. The SMILES string of the molecule is O=C(NCCCCCO)NCCC1CCCCC1. The number of hydrogen-bond acceptors (Lipinski definition) is 2. The van der Waals surface area contributed by atoms with Gasteiger partial charge in [0, 0.05) is 19.7 Å². The fraction of sp³-hybridized carbons (Fsp3) is 0.929. The van der Waals surface area contributed by atoms with E-state index in [1.165, 1.54) is 32.1 Å². The molecule has 2 amide bonds. The van der Waals surface area contributed by atoms with Crippen LogP contribution in [-0.4, -0.2) is 30.8 Å². The lowest BCUT2D eigenvalue weighted by Crippen LogP contribution is -2.37. The van der Waals surface area contributed by atoms with Crippen molar-refractivity contribution in [2.75, 3.05) is 19.7 Å². The summed E-state index contributed by atoms with van der Waals surface area (Å²) >= 11 is 0. The molecule has 1 saturated carbocycles. The van der Waals surface area contributed by atoms with Crippen LogP contribution in [0.1, 0.15) is 57.8 Å². The summed E-state index contributed by atoms with van der Waals surface area (Å²) in [5, 5.41) is 14.4. The Bertz CT molecular complexity index is 216. The molecule has 0 atom stereocenters. The maximum atomic E-state index is 11.4. The van der Waals surface area contributed by atoms with E-state index in [0.29, 0.717) is 6.54 Å². The van der Waals surface area contributed by atoms with Gasteiger partial charge in [-0.3, -0.25) is 0 Å². The number of aliphatic hydroxyl groups excluding tert-OH is 1. The number of unbranched alkanes of at least 4 members (excludes halogenated alkanes) is 2. The Balaban J connectivity index is 1.89. The van der Waals surface area contributed by atoms with Gasteiger partial charge in [0.2, 0.25) is 0 Å². The highest BCUT2D eigenvalue weighted by Gasteiger charge is 2.12. The van der Waals surface area contributed by atoms with Crippen LogP contribution in [0.25, 0.3) is 0 Å². The second-order valence-electron chi connectivity index (χ2n) is 5.26. The maximum absolute atomic E-state index is 11.4. The van der Waals surface area contributed by atoms with E-state index in [-0.39, 0.29) is 12.6 Å². The van der Waals surface area contributed by atoms with Crippen LogP contribution in [-0.2, 0) is 0 Å². The summed E-state index contributed by atoms with van der Waals surface area (Å²) in [6, 6.07) is -0.0465. The van der Waals surface area contributed by atoms with Crippen LogP contribution in [0.15, 0.2) is 0 Å². The van der Waals surface area contributed by atoms with Crippen molar-refractivity contribution in [3.05, 3.63) is 0 Å². The Kier molecular flexibility index (Phi) is 8.65. The Labute approximate surface area is 111 Å². The summed E-state index contributed by atoms with van der Waals surface area (Å²) in [7, 11) is 0. The summed E-state index contributed by atoms with van der Waals surface area (Å²) in [6.45, 7) is 1.75. The molecule has 18 heavy (non-hydrogen) atoms. The lowest BCUT2D eigenvalue weighted by molar-refractivity contribution is 0.238. The summed E-state index contributed by atoms with van der Waals surface area (Å²) in [5.74, 6) is 0.823. The van der Waals surface area contributed by atoms with Crippen molar-refractivity contribution in [3.63, 3.8) is 0 Å². The smallest absolute Gasteiger partial charge is 0.314 e. The molecule has 0 spiro atoms. The highest BCUT2D eigenvalue weighted by atomic mass is 16.2. The third kappa shape index (κ3) is 7.54. The van der Waals surface area contributed by atoms with Gasteiger partial charge in [-0.05, 0) is 31.6 Å². The Morgan fingerprint density at radius 3 is 2.44 bits per heavy atom. The summed E-state index contributed by atoms with van der Waals surface area (Å²) < 4.78 is 0. The minimum atomic E-state index is -0.0465. The predicted molar refractivity (Wildman–Crippen MR) is 73.5 cm³/mol. The molecule has 0 heterocycles. The van der Waals surface area contributed by atoms with E-state index >= 15 is 0 Å². The molecule has 0 bridgehead atoms. The van der Waals surface area contributed by atoms with Gasteiger partial charge in [-0.25, -0.2) is 4.79 Å². The highest BCUT2D eigenvalue weighted by molar-refractivity contribution is 5.73. The molecule has 0 saturated heterocycles. The average molecular weight is 256 g/mol. The van der Waals surface area contributed by atoms with Crippen molar-refractivity contribution in [1.29, 1.82) is 0 Å². The first-order valence-corrected chi connectivity index (χ1v) is 7.45. The molecule has 4 heteroatoms. The first-order valence-electron chi connectivity index (χ1n) is 7.45. The van der Waals surface area contributed by atoms with Crippen molar-refractivity contribution in [2.45, 2.75) is 57.8 Å². The molecular formula is C14H28N2O2. The number of aliphatic hydroxyl groups is 1. The Morgan fingerprint density at radius 1 is 1.00 bits per heavy atom. The van der Waals surface area contributed by atoms with Gasteiger partial charge in [0.15, 0.2) is 0 Å². The molecule has 0 aromatic rings. The van der Waals surface area contributed by atoms with Crippen molar-refractivity contribution >= 4 is 6.03 Å². The van der Waals surface area contributed by atoms with E-state index in [1.54, 1.807) is 0 Å². The molecule has 0 aromatic carbocycles. The molecule has 3 N–H and O–H groups in total. The zero-order valence-electron chi connectivity index (χ0n) is 11.4. The van der Waals surface area contributed by atoms with Crippen molar-refractivity contribution in [1.82, 2.24) is 10.6 Å². The quantitative estimate of drug-likeness (QED) is 0.584. The second kappa shape index (κ2) is 10.2. The molecular weight excluding hydrogens is 228 g/mol. The van der Waals surface area contributed by atoms with Crippen LogP contribution in [0.5, 0.6) is 0 Å². The number of nitrogens with one attached hydrogen (secondary N) is 2. The number of urea groups is 1. The Morgan fingerprint density at radius 2 is 1.72 bits per heavy atom. The van der Waals surface area contributed by atoms with E-state index < -0.39 is 0 Å². The van der Waals surface area contributed by atoms with Gasteiger partial charge in [-0.15, -0.1) is 0 Å². The molecule has 4 nitrogen and oxygen atoms in total. The van der Waals surface area contributed by atoms with Crippen molar-refractivity contribution in [2.24, 2.45) is 5.92 Å². The minimum absolute atomic E-state index is 0.0465. The third-order valence-electron chi connectivity index (χ3n) is 3.68. The van der Waals surface area contributed by atoms with E-state index in [9.17, 15) is 4.79 Å². The molecule has 1 rings (SSSR count). The molecule has 0 radical (unpaired) electrons. The zero-order valence-corrected chi connectivity index (χ0v) is 11.4. The van der Waals surface area contributed by atoms with Gasteiger partial charge in [-0.1, -0.05) is 32.1 Å². The molecule has 1 fully saturated rings. The zero-order chi connectivity index (χ0) is 13.1. The van der Waals surface area contributed by atoms with Crippen LogP contribution in [0.3, 0.4) is 0 Å². The van der Waals surface area contributed by atoms with E-state index in [0.717, 1.165) is 38.1 Å². The molecule has 0 unspecified atom stereocenters. The standard InChI is InChI=1S/C14H28N2O2/c17-12-6-2-5-10-15-14(18)16-11-9-13-7-3-1-4-8-13/h13,17H,1-12H2,(H2,15,16,18). The van der Waals surface area contributed by atoms with Crippen LogP contribution in [0.2, 0.25) is 0 Å². The van der Waals surface area contributed by atoms with Gasteiger partial charge in [0.25, 0.3) is 0 Å². The van der Waals surface area contributed by atoms with Gasteiger partial charge in [0.1, 0.15) is 0 Å². The van der Waals surface area contributed by atoms with E-state index in [2.05, 4.69) is 10.6 Å². The topological polar surface area (TPSA) is 61.4 Å². The number of hydrogen-bond donors (Lipinski definition) is 3. The fourth-order valence-corrected chi connectivity index (χ4v) is 2.54. The van der Waals surface area contributed by atoms with Crippen LogP contribution < -0.4 is 10.6 Å². The molecule has 106 valence electrons. The van der Waals surface area contributed by atoms with Gasteiger partial charge >= 0.3 is 6.03 Å². The second-order valence-corrected chi connectivity index (χ2v) is 5.26. The van der Waals surface area contributed by atoms with Crippen molar-refractivity contribution in [3.8, 4) is 0 Å². The fourth-order valence-electron chi connectivity index (χ4n) is 2.54. The van der Waals surface area contributed by atoms with E-state index in [1.807, 2.05) is 0 Å². The van der Waals surface area contributed by atoms with Crippen molar-refractivity contribution < 1.29 is 9.90 Å². The maximum Gasteiger partial charge on any atom is 0.314 e. The van der Waals surface area contributed by atoms with Gasteiger partial charge in [-0.2, -0.15) is 0 Å². The van der Waals surface area contributed by atoms with Crippen LogP contribution in [0, 0.1) is 5.92 Å². The van der Waals surface area contributed by atoms with E-state index in [4.69, 9.17) is 5.11 Å². The Hall–Kier alpha value is -0.770. The molecule has 0 aromatic heterocycles. The molecule has 1 aliphatic rings. The third-order valence-corrected chi connectivity index (χ3v) is 3.68.